The number of rotatable bonds is 7. The fraction of sp³-hybridized carbons (Fsp3) is 0.562. The molecule has 1 aromatic carbocycles. The van der Waals surface area contributed by atoms with E-state index >= 15 is 0 Å². The first-order chi connectivity index (χ1) is 9.74. The van der Waals surface area contributed by atoms with Crippen LogP contribution in [0.5, 0.6) is 0 Å². The van der Waals surface area contributed by atoms with Crippen molar-refractivity contribution in [3.05, 3.63) is 35.9 Å². The third-order valence-electron chi connectivity index (χ3n) is 3.76. The Labute approximate surface area is 120 Å². The summed E-state index contributed by atoms with van der Waals surface area (Å²) in [4.78, 5) is 13.9. The molecule has 1 saturated carbocycles. The van der Waals surface area contributed by atoms with Crippen LogP contribution in [0, 0.1) is 5.92 Å². The van der Waals surface area contributed by atoms with E-state index in [2.05, 4.69) is 12.2 Å². The SMILES string of the molecule is CCCC1CC1NC(=O)N(CCO)Cc1ccccc1. The quantitative estimate of drug-likeness (QED) is 0.803. The van der Waals surface area contributed by atoms with Crippen molar-refractivity contribution in [2.24, 2.45) is 5.92 Å². The van der Waals surface area contributed by atoms with Gasteiger partial charge in [-0.1, -0.05) is 43.7 Å². The number of urea groups is 1. The molecule has 0 aliphatic heterocycles. The summed E-state index contributed by atoms with van der Waals surface area (Å²) in [5, 5.41) is 12.2. The van der Waals surface area contributed by atoms with Crippen molar-refractivity contribution in [2.45, 2.75) is 38.8 Å². The number of amides is 2. The van der Waals surface area contributed by atoms with E-state index in [-0.39, 0.29) is 12.6 Å². The van der Waals surface area contributed by atoms with Crippen molar-refractivity contribution in [3.63, 3.8) is 0 Å². The minimum atomic E-state index is -0.0634. The number of aliphatic hydroxyl groups excluding tert-OH is 1. The van der Waals surface area contributed by atoms with E-state index in [0.717, 1.165) is 12.0 Å². The van der Waals surface area contributed by atoms with E-state index in [1.165, 1.54) is 12.8 Å². The standard InChI is InChI=1S/C16H24N2O2/c1-2-6-14-11-15(14)17-16(20)18(9-10-19)12-13-7-4-3-5-8-13/h3-5,7-8,14-15,19H,2,6,9-12H2,1H3,(H,17,20). The second-order valence-electron chi connectivity index (χ2n) is 5.47. The van der Waals surface area contributed by atoms with Crippen LogP contribution in [-0.2, 0) is 6.54 Å². The highest BCUT2D eigenvalue weighted by molar-refractivity contribution is 5.75. The van der Waals surface area contributed by atoms with Gasteiger partial charge in [-0.25, -0.2) is 4.79 Å². The highest BCUT2D eigenvalue weighted by Gasteiger charge is 2.37. The number of nitrogens with zero attached hydrogens (tertiary/aromatic N) is 1. The lowest BCUT2D eigenvalue weighted by atomic mass is 10.2. The van der Waals surface area contributed by atoms with E-state index in [1.807, 2.05) is 30.3 Å². The van der Waals surface area contributed by atoms with E-state index in [0.29, 0.717) is 25.0 Å². The van der Waals surface area contributed by atoms with E-state index in [1.54, 1.807) is 4.90 Å². The van der Waals surface area contributed by atoms with Crippen LogP contribution in [0.3, 0.4) is 0 Å². The van der Waals surface area contributed by atoms with Crippen LogP contribution in [0.4, 0.5) is 4.79 Å². The van der Waals surface area contributed by atoms with Gasteiger partial charge in [-0.05, 0) is 24.3 Å². The van der Waals surface area contributed by atoms with Crippen LogP contribution in [0.15, 0.2) is 30.3 Å². The number of carbonyl (C=O) groups excluding carboxylic acids is 1. The number of hydrogen-bond donors (Lipinski definition) is 2. The maximum atomic E-state index is 12.2. The first-order valence-electron chi connectivity index (χ1n) is 7.44. The van der Waals surface area contributed by atoms with Gasteiger partial charge >= 0.3 is 6.03 Å². The first kappa shape index (κ1) is 14.9. The van der Waals surface area contributed by atoms with Crippen LogP contribution in [0.25, 0.3) is 0 Å². The minimum absolute atomic E-state index is 0.0106. The number of nitrogens with one attached hydrogen (secondary N) is 1. The fourth-order valence-electron chi connectivity index (χ4n) is 2.54. The maximum absolute atomic E-state index is 12.2. The molecule has 110 valence electrons. The highest BCUT2D eigenvalue weighted by atomic mass is 16.3. The molecule has 4 nitrogen and oxygen atoms in total. The lowest BCUT2D eigenvalue weighted by molar-refractivity contribution is 0.173. The van der Waals surface area contributed by atoms with Crippen molar-refractivity contribution in [3.8, 4) is 0 Å². The molecule has 0 saturated heterocycles. The van der Waals surface area contributed by atoms with Gasteiger partial charge in [0.05, 0.1) is 6.61 Å². The van der Waals surface area contributed by atoms with E-state index < -0.39 is 0 Å². The van der Waals surface area contributed by atoms with Crippen molar-refractivity contribution < 1.29 is 9.90 Å². The van der Waals surface area contributed by atoms with Gasteiger partial charge in [0.15, 0.2) is 0 Å². The average Bonchev–Trinajstić information content (AvgIpc) is 3.18. The zero-order valence-corrected chi connectivity index (χ0v) is 12.1. The first-order valence-corrected chi connectivity index (χ1v) is 7.44. The number of hydrogen-bond acceptors (Lipinski definition) is 2. The van der Waals surface area contributed by atoms with Gasteiger partial charge in [-0.2, -0.15) is 0 Å². The molecule has 0 radical (unpaired) electrons. The third kappa shape index (κ3) is 4.23. The molecular formula is C16H24N2O2. The van der Waals surface area contributed by atoms with Gasteiger partial charge < -0.3 is 15.3 Å². The molecule has 0 bridgehead atoms. The average molecular weight is 276 g/mol. The largest absolute Gasteiger partial charge is 0.395 e. The smallest absolute Gasteiger partial charge is 0.318 e. The Kier molecular flexibility index (Phi) is 5.41. The lowest BCUT2D eigenvalue weighted by Crippen LogP contribution is -2.42. The van der Waals surface area contributed by atoms with Crippen molar-refractivity contribution in [1.82, 2.24) is 10.2 Å². The maximum Gasteiger partial charge on any atom is 0.318 e. The zero-order chi connectivity index (χ0) is 14.4. The van der Waals surface area contributed by atoms with Crippen LogP contribution in [-0.4, -0.2) is 35.2 Å². The topological polar surface area (TPSA) is 52.6 Å². The lowest BCUT2D eigenvalue weighted by Gasteiger charge is -2.22. The highest BCUT2D eigenvalue weighted by Crippen LogP contribution is 2.34. The molecule has 2 unspecified atom stereocenters. The number of benzene rings is 1. The molecule has 20 heavy (non-hydrogen) atoms. The van der Waals surface area contributed by atoms with Gasteiger partial charge in [0, 0.05) is 19.1 Å². The Balaban J connectivity index is 1.86. The molecule has 2 amide bonds. The molecule has 1 aliphatic rings. The van der Waals surface area contributed by atoms with Crippen LogP contribution >= 0.6 is 0 Å². The fourth-order valence-corrected chi connectivity index (χ4v) is 2.54. The number of carbonyl (C=O) groups is 1. The molecule has 0 aromatic heterocycles. The van der Waals surface area contributed by atoms with Crippen LogP contribution in [0.1, 0.15) is 31.7 Å². The summed E-state index contributed by atoms with van der Waals surface area (Å²) in [5.74, 6) is 0.650. The predicted molar refractivity (Wildman–Crippen MR) is 79.3 cm³/mol. The second-order valence-corrected chi connectivity index (χ2v) is 5.47. The second kappa shape index (κ2) is 7.29. The van der Waals surface area contributed by atoms with Gasteiger partial charge in [-0.15, -0.1) is 0 Å². The minimum Gasteiger partial charge on any atom is -0.395 e. The van der Waals surface area contributed by atoms with Gasteiger partial charge in [0.2, 0.25) is 0 Å². The zero-order valence-electron chi connectivity index (χ0n) is 12.1. The van der Waals surface area contributed by atoms with Gasteiger partial charge in [0.25, 0.3) is 0 Å². The normalized spacial score (nSPS) is 20.5. The van der Waals surface area contributed by atoms with Crippen LogP contribution < -0.4 is 5.32 Å². The van der Waals surface area contributed by atoms with Crippen molar-refractivity contribution in [2.75, 3.05) is 13.2 Å². The van der Waals surface area contributed by atoms with Gasteiger partial charge in [-0.3, -0.25) is 0 Å². The monoisotopic (exact) mass is 276 g/mol. The molecule has 0 spiro atoms. The summed E-state index contributed by atoms with van der Waals surface area (Å²) in [6.45, 7) is 3.07. The van der Waals surface area contributed by atoms with Crippen molar-refractivity contribution >= 4 is 6.03 Å². The molecule has 1 aliphatic carbocycles. The molecule has 1 fully saturated rings. The Morgan fingerprint density at radius 2 is 2.15 bits per heavy atom. The summed E-state index contributed by atoms with van der Waals surface area (Å²) < 4.78 is 0. The third-order valence-corrected chi connectivity index (χ3v) is 3.76. The Morgan fingerprint density at radius 3 is 2.80 bits per heavy atom. The number of aliphatic hydroxyl groups is 1. The Morgan fingerprint density at radius 1 is 1.40 bits per heavy atom. The van der Waals surface area contributed by atoms with Crippen molar-refractivity contribution in [1.29, 1.82) is 0 Å². The molecular weight excluding hydrogens is 252 g/mol. The molecule has 0 heterocycles. The summed E-state index contributed by atoms with van der Waals surface area (Å²) in [6.07, 6.45) is 3.45. The van der Waals surface area contributed by atoms with E-state index in [9.17, 15) is 4.79 Å². The molecule has 2 rings (SSSR count). The van der Waals surface area contributed by atoms with E-state index in [4.69, 9.17) is 5.11 Å². The molecule has 2 atom stereocenters. The predicted octanol–water partition coefficient (Wildman–Crippen LogP) is 2.38. The Bertz CT molecular complexity index is 422. The molecule has 4 heteroatoms. The molecule has 1 aromatic rings. The summed E-state index contributed by atoms with van der Waals surface area (Å²) >= 11 is 0. The summed E-state index contributed by atoms with van der Waals surface area (Å²) in [6, 6.07) is 10.1. The van der Waals surface area contributed by atoms with Crippen LogP contribution in [0.2, 0.25) is 0 Å². The summed E-state index contributed by atoms with van der Waals surface area (Å²) in [7, 11) is 0. The Hall–Kier alpha value is -1.55. The summed E-state index contributed by atoms with van der Waals surface area (Å²) in [5.41, 5.74) is 1.08. The molecule has 2 N–H and O–H groups in total. The van der Waals surface area contributed by atoms with Gasteiger partial charge in [0.1, 0.15) is 0 Å².